The summed E-state index contributed by atoms with van der Waals surface area (Å²) in [6, 6.07) is -0.651. The zero-order valence-electron chi connectivity index (χ0n) is 45.6. The molecule has 396 valence electrons. The van der Waals surface area contributed by atoms with E-state index in [9.17, 15) is 15.0 Å². The number of carbonyl (C=O) groups is 1. The van der Waals surface area contributed by atoms with Crippen LogP contribution in [-0.4, -0.2) is 34.9 Å². The number of nitrogens with one attached hydrogen (secondary N) is 1. The van der Waals surface area contributed by atoms with Crippen LogP contribution in [0, 0.1) is 0 Å². The predicted molar refractivity (Wildman–Crippen MR) is 304 cm³/mol. The van der Waals surface area contributed by atoms with E-state index in [2.05, 4.69) is 79.9 Å². The van der Waals surface area contributed by atoms with Crippen LogP contribution in [-0.2, 0) is 4.79 Å². The fraction of sp³-hybridized carbons (Fsp3) is 0.797. The quantitative estimate of drug-likeness (QED) is 0.0420. The van der Waals surface area contributed by atoms with Crippen LogP contribution in [0.1, 0.15) is 309 Å². The minimum atomic E-state index is -0.876. The Morgan fingerprint density at radius 3 is 0.956 bits per heavy atom. The van der Waals surface area contributed by atoms with E-state index >= 15 is 0 Å². The van der Waals surface area contributed by atoms with Crippen LogP contribution in [0.2, 0.25) is 0 Å². The second kappa shape index (κ2) is 59.1. The molecule has 0 aliphatic carbocycles. The molecule has 0 rings (SSSR count). The van der Waals surface area contributed by atoms with Crippen LogP contribution in [0.3, 0.4) is 0 Å². The molecule has 0 heterocycles. The molecule has 0 saturated carbocycles. The Morgan fingerprint density at radius 2 is 0.618 bits per heavy atom. The van der Waals surface area contributed by atoms with Gasteiger partial charge in [-0.1, -0.05) is 292 Å². The molecule has 68 heavy (non-hydrogen) atoms. The van der Waals surface area contributed by atoms with E-state index in [1.807, 2.05) is 6.08 Å². The summed E-state index contributed by atoms with van der Waals surface area (Å²) in [5, 5.41) is 23.2. The zero-order valence-corrected chi connectivity index (χ0v) is 45.6. The summed E-state index contributed by atoms with van der Waals surface area (Å²) in [5.74, 6) is -0.0790. The van der Waals surface area contributed by atoms with Crippen molar-refractivity contribution in [3.05, 3.63) is 72.9 Å². The number of unbranched alkanes of at least 4 members (excludes halogenated alkanes) is 38. The van der Waals surface area contributed by atoms with Crippen molar-refractivity contribution in [2.75, 3.05) is 6.61 Å². The lowest BCUT2D eigenvalue weighted by Crippen LogP contribution is -2.45. The lowest BCUT2D eigenvalue weighted by molar-refractivity contribution is -0.123. The molecular formula is C64H117NO3. The van der Waals surface area contributed by atoms with Gasteiger partial charge >= 0.3 is 0 Å². The highest BCUT2D eigenvalue weighted by Crippen LogP contribution is 2.17. The number of hydrogen-bond acceptors (Lipinski definition) is 3. The first-order valence-corrected chi connectivity index (χ1v) is 30.2. The Bertz CT molecular complexity index is 1170. The van der Waals surface area contributed by atoms with Crippen molar-refractivity contribution in [1.29, 1.82) is 0 Å². The van der Waals surface area contributed by atoms with Gasteiger partial charge in [-0.15, -0.1) is 0 Å². The predicted octanol–water partition coefficient (Wildman–Crippen LogP) is 20.1. The average Bonchev–Trinajstić information content (AvgIpc) is 3.34. The smallest absolute Gasteiger partial charge is 0.220 e. The van der Waals surface area contributed by atoms with Gasteiger partial charge in [-0.2, -0.15) is 0 Å². The molecule has 1 amide bonds. The summed E-state index contributed by atoms with van der Waals surface area (Å²) in [7, 11) is 0. The highest BCUT2D eigenvalue weighted by atomic mass is 16.3. The first kappa shape index (κ1) is 65.8. The van der Waals surface area contributed by atoms with Crippen LogP contribution in [0.5, 0.6) is 0 Å². The van der Waals surface area contributed by atoms with Gasteiger partial charge in [0.2, 0.25) is 5.91 Å². The Kier molecular flexibility index (Phi) is 57.3. The Morgan fingerprint density at radius 1 is 0.353 bits per heavy atom. The van der Waals surface area contributed by atoms with Crippen molar-refractivity contribution in [2.45, 2.75) is 321 Å². The summed E-state index contributed by atoms with van der Waals surface area (Å²) < 4.78 is 0. The number of rotatable bonds is 55. The van der Waals surface area contributed by atoms with Crippen LogP contribution < -0.4 is 5.32 Å². The molecule has 2 unspecified atom stereocenters. The van der Waals surface area contributed by atoms with Crippen molar-refractivity contribution >= 4 is 5.91 Å². The first-order valence-electron chi connectivity index (χ1n) is 30.2. The highest BCUT2D eigenvalue weighted by Gasteiger charge is 2.18. The first-order chi connectivity index (χ1) is 33.7. The maximum Gasteiger partial charge on any atom is 0.220 e. The molecule has 4 nitrogen and oxygen atoms in total. The van der Waals surface area contributed by atoms with Gasteiger partial charge in [0.15, 0.2) is 0 Å². The topological polar surface area (TPSA) is 69.6 Å². The minimum Gasteiger partial charge on any atom is -0.394 e. The maximum absolute atomic E-state index is 12.5. The molecule has 0 spiro atoms. The number of aliphatic hydroxyl groups is 2. The van der Waals surface area contributed by atoms with Gasteiger partial charge in [-0.25, -0.2) is 0 Å². The van der Waals surface area contributed by atoms with Crippen molar-refractivity contribution in [1.82, 2.24) is 5.32 Å². The van der Waals surface area contributed by atoms with E-state index in [0.717, 1.165) is 51.4 Å². The molecule has 0 fully saturated rings. The molecule has 0 aromatic rings. The molecular weight excluding hydrogens is 831 g/mol. The van der Waals surface area contributed by atoms with Crippen molar-refractivity contribution in [3.63, 3.8) is 0 Å². The molecule has 0 bridgehead atoms. The molecule has 0 saturated heterocycles. The number of carbonyl (C=O) groups excluding carboxylic acids is 1. The molecule has 0 aliphatic heterocycles. The van der Waals surface area contributed by atoms with E-state index in [1.165, 1.54) is 238 Å². The second-order valence-corrected chi connectivity index (χ2v) is 20.4. The maximum atomic E-state index is 12.5. The molecule has 4 heteroatoms. The van der Waals surface area contributed by atoms with Crippen LogP contribution in [0.15, 0.2) is 72.9 Å². The van der Waals surface area contributed by atoms with Gasteiger partial charge in [-0.05, 0) is 83.5 Å². The van der Waals surface area contributed by atoms with Crippen molar-refractivity contribution < 1.29 is 15.0 Å². The van der Waals surface area contributed by atoms with E-state index in [4.69, 9.17) is 0 Å². The number of amides is 1. The number of hydrogen-bond donors (Lipinski definition) is 3. The minimum absolute atomic E-state index is 0.0790. The Labute approximate surface area is 425 Å². The lowest BCUT2D eigenvalue weighted by Gasteiger charge is -2.19. The van der Waals surface area contributed by atoms with Crippen molar-refractivity contribution in [2.24, 2.45) is 0 Å². The molecule has 3 N–H and O–H groups in total. The SMILES string of the molecule is CCCCCCC/C=C\C/C=C\C/C=C\CCCCCCCCCCCCCCC(=O)NC(CO)C(O)/C=C/CC/C=C/CC/C=C/CCCCCCCCCCCCCCCCCCCCC. The normalized spacial score (nSPS) is 13.3. The van der Waals surface area contributed by atoms with Crippen LogP contribution in [0.25, 0.3) is 0 Å². The standard InChI is InChI=1S/C64H117NO3/c1-3-5-7-9-11-13-15-17-19-21-23-25-27-29-31-32-34-35-37-39-41-43-45-47-49-51-53-55-57-59-63(67)62(61-66)65-64(68)60-58-56-54-52-50-48-46-44-42-40-38-36-33-30-28-26-24-22-20-18-16-14-12-10-8-6-4-2/h16,18,22,24,28,30,41,43,49,51,57,59,62-63,66-67H,3-15,17,19-21,23,25-27,29,31-40,42,44-48,50,52-56,58,60-61H2,1-2H3,(H,65,68)/b18-16-,24-22-,30-28-,43-41+,51-49+,59-57+. The number of aliphatic hydroxyl groups excluding tert-OH is 2. The summed E-state index contributed by atoms with van der Waals surface area (Å²) in [5.41, 5.74) is 0. The number of allylic oxidation sites excluding steroid dienone is 11. The van der Waals surface area contributed by atoms with E-state index in [-0.39, 0.29) is 12.5 Å². The Hall–Kier alpha value is -2.17. The monoisotopic (exact) mass is 948 g/mol. The fourth-order valence-electron chi connectivity index (χ4n) is 9.04. The summed E-state index contributed by atoms with van der Waals surface area (Å²) >= 11 is 0. The third kappa shape index (κ3) is 54.8. The van der Waals surface area contributed by atoms with Crippen LogP contribution >= 0.6 is 0 Å². The van der Waals surface area contributed by atoms with E-state index < -0.39 is 12.1 Å². The van der Waals surface area contributed by atoms with Gasteiger partial charge < -0.3 is 15.5 Å². The van der Waals surface area contributed by atoms with Gasteiger partial charge in [0.1, 0.15) is 0 Å². The molecule has 0 radical (unpaired) electrons. The van der Waals surface area contributed by atoms with E-state index in [1.54, 1.807) is 6.08 Å². The third-order valence-corrected chi connectivity index (χ3v) is 13.6. The van der Waals surface area contributed by atoms with Gasteiger partial charge in [-0.3, -0.25) is 4.79 Å². The van der Waals surface area contributed by atoms with Crippen molar-refractivity contribution in [3.8, 4) is 0 Å². The average molecular weight is 949 g/mol. The summed E-state index contributed by atoms with van der Waals surface area (Å²) in [6.45, 7) is 4.31. The lowest BCUT2D eigenvalue weighted by atomic mass is 10.0. The molecule has 0 aliphatic rings. The van der Waals surface area contributed by atoms with Gasteiger partial charge in [0.25, 0.3) is 0 Å². The van der Waals surface area contributed by atoms with Gasteiger partial charge in [0, 0.05) is 6.42 Å². The molecule has 0 aromatic carbocycles. The van der Waals surface area contributed by atoms with E-state index in [0.29, 0.717) is 6.42 Å². The summed E-state index contributed by atoms with van der Waals surface area (Å²) in [4.78, 5) is 12.5. The molecule has 0 aromatic heterocycles. The fourth-order valence-corrected chi connectivity index (χ4v) is 9.04. The third-order valence-electron chi connectivity index (χ3n) is 13.6. The molecule has 2 atom stereocenters. The summed E-state index contributed by atoms with van der Waals surface area (Å²) in [6.07, 6.45) is 85.1. The second-order valence-electron chi connectivity index (χ2n) is 20.4. The Balaban J connectivity index is 3.56. The zero-order chi connectivity index (χ0) is 49.2. The highest BCUT2D eigenvalue weighted by molar-refractivity contribution is 5.76. The van der Waals surface area contributed by atoms with Crippen LogP contribution in [0.4, 0.5) is 0 Å². The largest absolute Gasteiger partial charge is 0.394 e. The van der Waals surface area contributed by atoms with Gasteiger partial charge in [0.05, 0.1) is 18.8 Å².